The fourth-order valence-electron chi connectivity index (χ4n) is 1.92. The van der Waals surface area contributed by atoms with Crippen LogP contribution in [0.15, 0.2) is 0 Å². The van der Waals surface area contributed by atoms with Gasteiger partial charge in [0.2, 0.25) is 0 Å². The summed E-state index contributed by atoms with van der Waals surface area (Å²) in [7, 11) is 1.78. The van der Waals surface area contributed by atoms with E-state index in [0.717, 1.165) is 13.1 Å². The summed E-state index contributed by atoms with van der Waals surface area (Å²) in [6.45, 7) is 7.50. The molecular weight excluding hydrogens is 164 g/mol. The van der Waals surface area contributed by atoms with Crippen LogP contribution in [0.1, 0.15) is 20.3 Å². The minimum Gasteiger partial charge on any atom is -0.380 e. The van der Waals surface area contributed by atoms with Gasteiger partial charge in [-0.15, -0.1) is 0 Å². The lowest BCUT2D eigenvalue weighted by Crippen LogP contribution is -2.40. The van der Waals surface area contributed by atoms with Crippen molar-refractivity contribution in [3.8, 4) is 0 Å². The van der Waals surface area contributed by atoms with E-state index in [1.165, 1.54) is 13.0 Å². The third kappa shape index (κ3) is 2.66. The van der Waals surface area contributed by atoms with Crippen LogP contribution >= 0.6 is 0 Å². The normalized spacial score (nSPS) is 29.1. The maximum atomic E-state index is 5.65. The molecule has 0 saturated carbocycles. The van der Waals surface area contributed by atoms with Crippen molar-refractivity contribution in [1.82, 2.24) is 4.90 Å². The maximum Gasteiger partial charge on any atom is 0.0695 e. The van der Waals surface area contributed by atoms with Gasteiger partial charge in [-0.25, -0.2) is 0 Å². The lowest BCUT2D eigenvalue weighted by Gasteiger charge is -2.28. The van der Waals surface area contributed by atoms with Gasteiger partial charge in [-0.3, -0.25) is 4.90 Å². The van der Waals surface area contributed by atoms with Gasteiger partial charge in [-0.05, 0) is 39.3 Å². The zero-order chi connectivity index (χ0) is 9.84. The van der Waals surface area contributed by atoms with E-state index < -0.39 is 0 Å². The molecule has 1 aliphatic heterocycles. The second kappa shape index (κ2) is 4.94. The Morgan fingerprint density at radius 1 is 1.54 bits per heavy atom. The number of rotatable bonds is 4. The largest absolute Gasteiger partial charge is 0.380 e. The standard InChI is InChI=1S/C10H22N2O/c1-8(9(2)13-3)12-5-4-10(6-11)7-12/h8-10H,4-7,11H2,1-3H3. The maximum absolute atomic E-state index is 5.65. The molecule has 0 radical (unpaired) electrons. The number of ether oxygens (including phenoxy) is 1. The Labute approximate surface area is 81.2 Å². The first-order valence-electron chi connectivity index (χ1n) is 5.16. The van der Waals surface area contributed by atoms with E-state index in [-0.39, 0.29) is 0 Å². The van der Waals surface area contributed by atoms with Crippen LogP contribution in [0.2, 0.25) is 0 Å². The molecule has 1 fully saturated rings. The van der Waals surface area contributed by atoms with Gasteiger partial charge >= 0.3 is 0 Å². The first kappa shape index (κ1) is 11.0. The summed E-state index contributed by atoms with van der Waals surface area (Å²) in [6, 6.07) is 0.515. The fourth-order valence-corrected chi connectivity index (χ4v) is 1.92. The summed E-state index contributed by atoms with van der Waals surface area (Å²) in [5, 5.41) is 0. The first-order valence-corrected chi connectivity index (χ1v) is 5.16. The van der Waals surface area contributed by atoms with Gasteiger partial charge in [0.15, 0.2) is 0 Å². The zero-order valence-electron chi connectivity index (χ0n) is 8.99. The predicted octanol–water partition coefficient (Wildman–Crippen LogP) is 0.690. The summed E-state index contributed by atoms with van der Waals surface area (Å²) >= 11 is 0. The van der Waals surface area contributed by atoms with Crippen LogP contribution in [0.25, 0.3) is 0 Å². The van der Waals surface area contributed by atoms with Gasteiger partial charge in [0.25, 0.3) is 0 Å². The molecule has 0 amide bonds. The van der Waals surface area contributed by atoms with Gasteiger partial charge in [-0.2, -0.15) is 0 Å². The van der Waals surface area contributed by atoms with E-state index >= 15 is 0 Å². The molecule has 1 heterocycles. The fraction of sp³-hybridized carbons (Fsp3) is 1.00. The first-order chi connectivity index (χ1) is 6.19. The van der Waals surface area contributed by atoms with Gasteiger partial charge in [0, 0.05) is 19.7 Å². The number of hydrogen-bond donors (Lipinski definition) is 1. The Balaban J connectivity index is 2.36. The number of likely N-dealkylation sites (tertiary alicyclic amines) is 1. The number of hydrogen-bond acceptors (Lipinski definition) is 3. The molecule has 1 aliphatic rings. The molecule has 0 aromatic heterocycles. The summed E-state index contributed by atoms with van der Waals surface area (Å²) in [6.07, 6.45) is 1.56. The highest BCUT2D eigenvalue weighted by Crippen LogP contribution is 2.19. The van der Waals surface area contributed by atoms with Crippen molar-refractivity contribution in [2.75, 3.05) is 26.7 Å². The summed E-state index contributed by atoms with van der Waals surface area (Å²) in [5.74, 6) is 0.700. The molecule has 0 aromatic rings. The Kier molecular flexibility index (Phi) is 4.16. The topological polar surface area (TPSA) is 38.5 Å². The Bertz CT molecular complexity index is 152. The average molecular weight is 186 g/mol. The van der Waals surface area contributed by atoms with Gasteiger partial charge in [0.1, 0.15) is 0 Å². The Hall–Kier alpha value is -0.120. The molecule has 0 spiro atoms. The molecule has 1 rings (SSSR count). The molecule has 3 nitrogen and oxygen atoms in total. The molecule has 13 heavy (non-hydrogen) atoms. The summed E-state index contributed by atoms with van der Waals surface area (Å²) < 4.78 is 5.32. The molecule has 3 unspecified atom stereocenters. The summed E-state index contributed by atoms with van der Waals surface area (Å²) in [4.78, 5) is 2.48. The molecule has 0 aromatic carbocycles. The van der Waals surface area contributed by atoms with E-state index in [0.29, 0.717) is 18.1 Å². The lowest BCUT2D eigenvalue weighted by molar-refractivity contribution is 0.0418. The van der Waals surface area contributed by atoms with Gasteiger partial charge in [-0.1, -0.05) is 0 Å². The SMILES string of the molecule is COC(C)C(C)N1CCC(CN)C1. The van der Waals surface area contributed by atoms with Crippen molar-refractivity contribution >= 4 is 0 Å². The highest BCUT2D eigenvalue weighted by atomic mass is 16.5. The van der Waals surface area contributed by atoms with Gasteiger partial charge in [0.05, 0.1) is 6.10 Å². The smallest absolute Gasteiger partial charge is 0.0695 e. The lowest BCUT2D eigenvalue weighted by atomic mass is 10.1. The molecule has 1 saturated heterocycles. The minimum absolute atomic E-state index is 0.316. The van der Waals surface area contributed by atoms with E-state index in [4.69, 9.17) is 10.5 Å². The van der Waals surface area contributed by atoms with Crippen molar-refractivity contribution in [2.45, 2.75) is 32.4 Å². The second-order valence-electron chi connectivity index (χ2n) is 4.07. The van der Waals surface area contributed by atoms with Crippen molar-refractivity contribution in [2.24, 2.45) is 11.7 Å². The molecule has 3 heteroatoms. The van der Waals surface area contributed by atoms with Crippen molar-refractivity contribution in [3.63, 3.8) is 0 Å². The molecule has 0 bridgehead atoms. The van der Waals surface area contributed by atoms with E-state index in [2.05, 4.69) is 18.7 Å². The molecule has 78 valence electrons. The van der Waals surface area contributed by atoms with Crippen LogP contribution in [0.5, 0.6) is 0 Å². The van der Waals surface area contributed by atoms with Gasteiger partial charge < -0.3 is 10.5 Å². The van der Waals surface area contributed by atoms with Crippen LogP contribution in [-0.4, -0.2) is 43.8 Å². The molecular formula is C10H22N2O. The third-order valence-electron chi connectivity index (χ3n) is 3.28. The van der Waals surface area contributed by atoms with E-state index in [9.17, 15) is 0 Å². The zero-order valence-corrected chi connectivity index (χ0v) is 8.99. The highest BCUT2D eigenvalue weighted by molar-refractivity contribution is 4.82. The predicted molar refractivity (Wildman–Crippen MR) is 54.7 cm³/mol. The number of methoxy groups -OCH3 is 1. The third-order valence-corrected chi connectivity index (χ3v) is 3.28. The van der Waals surface area contributed by atoms with Crippen molar-refractivity contribution in [1.29, 1.82) is 0 Å². The minimum atomic E-state index is 0.316. The van der Waals surface area contributed by atoms with Crippen molar-refractivity contribution in [3.05, 3.63) is 0 Å². The van der Waals surface area contributed by atoms with Crippen LogP contribution in [-0.2, 0) is 4.74 Å². The van der Waals surface area contributed by atoms with Crippen LogP contribution in [0.3, 0.4) is 0 Å². The van der Waals surface area contributed by atoms with Crippen molar-refractivity contribution < 1.29 is 4.74 Å². The Morgan fingerprint density at radius 3 is 2.69 bits per heavy atom. The number of nitrogens with zero attached hydrogens (tertiary/aromatic N) is 1. The average Bonchev–Trinajstić information content (AvgIpc) is 2.63. The van der Waals surface area contributed by atoms with E-state index in [1.807, 2.05) is 0 Å². The van der Waals surface area contributed by atoms with E-state index in [1.54, 1.807) is 7.11 Å². The Morgan fingerprint density at radius 2 is 2.23 bits per heavy atom. The highest BCUT2D eigenvalue weighted by Gasteiger charge is 2.27. The van der Waals surface area contributed by atoms with Crippen LogP contribution in [0.4, 0.5) is 0 Å². The second-order valence-corrected chi connectivity index (χ2v) is 4.07. The molecule has 0 aliphatic carbocycles. The number of nitrogens with two attached hydrogens (primary N) is 1. The molecule has 3 atom stereocenters. The van der Waals surface area contributed by atoms with Crippen LogP contribution in [0, 0.1) is 5.92 Å². The summed E-state index contributed by atoms with van der Waals surface area (Å²) in [5.41, 5.74) is 5.65. The molecule has 2 N–H and O–H groups in total. The quantitative estimate of drug-likeness (QED) is 0.702. The monoisotopic (exact) mass is 186 g/mol. The van der Waals surface area contributed by atoms with Crippen LogP contribution < -0.4 is 5.73 Å².